The van der Waals surface area contributed by atoms with Crippen LogP contribution in [0.15, 0.2) is 35.5 Å². The monoisotopic (exact) mass is 373 g/mol. The zero-order valence-electron chi connectivity index (χ0n) is 13.2. The molecule has 0 saturated carbocycles. The fourth-order valence-electron chi connectivity index (χ4n) is 1.76. The minimum Gasteiger partial charge on any atom is -0.302 e. The van der Waals surface area contributed by atoms with E-state index in [1.54, 1.807) is 30.3 Å². The number of halogens is 3. The Hall–Kier alpha value is -2.56. The number of aromatic nitrogens is 3. The van der Waals surface area contributed by atoms with E-state index in [9.17, 15) is 22.8 Å². The molecule has 25 heavy (non-hydrogen) atoms. The molecule has 0 aliphatic heterocycles. The smallest absolute Gasteiger partial charge is 0.302 e. The molecule has 2 N–H and O–H groups in total. The van der Waals surface area contributed by atoms with E-state index in [1.165, 1.54) is 6.92 Å². The quantitative estimate of drug-likeness (QED) is 0.630. The highest BCUT2D eigenvalue weighted by molar-refractivity contribution is 8.00. The van der Waals surface area contributed by atoms with Crippen molar-refractivity contribution in [1.29, 1.82) is 0 Å². The fourth-order valence-corrected chi connectivity index (χ4v) is 2.57. The molecule has 2 aromatic rings. The van der Waals surface area contributed by atoms with Gasteiger partial charge in [0.15, 0.2) is 5.16 Å². The number of thioether (sulfide) groups is 1. The molecule has 2 rings (SSSR count). The Labute approximate surface area is 145 Å². The molecule has 1 atom stereocenters. The Morgan fingerprint density at radius 3 is 2.36 bits per heavy atom. The van der Waals surface area contributed by atoms with Crippen molar-refractivity contribution in [3.63, 3.8) is 0 Å². The van der Waals surface area contributed by atoms with Gasteiger partial charge in [0.1, 0.15) is 0 Å². The van der Waals surface area contributed by atoms with Crippen LogP contribution in [0.4, 0.5) is 13.2 Å². The third kappa shape index (κ3) is 4.72. The normalized spacial score (nSPS) is 12.5. The molecule has 1 aromatic heterocycles. The molecule has 1 heterocycles. The van der Waals surface area contributed by atoms with Gasteiger partial charge in [0.2, 0.25) is 5.82 Å². The molecule has 0 radical (unpaired) electrons. The van der Waals surface area contributed by atoms with Crippen molar-refractivity contribution in [2.75, 3.05) is 0 Å². The molecule has 134 valence electrons. The molecule has 0 saturated heterocycles. The maximum Gasteiger partial charge on any atom is 0.451 e. The van der Waals surface area contributed by atoms with Gasteiger partial charge in [-0.1, -0.05) is 30.0 Å². The second kappa shape index (κ2) is 7.55. The highest BCUT2D eigenvalue weighted by Gasteiger charge is 2.37. The predicted octanol–water partition coefficient (Wildman–Crippen LogP) is 1.78. The van der Waals surface area contributed by atoms with Gasteiger partial charge < -0.3 is 4.57 Å². The summed E-state index contributed by atoms with van der Waals surface area (Å²) in [5.41, 5.74) is 4.81. The van der Waals surface area contributed by atoms with E-state index in [1.807, 2.05) is 0 Å². The van der Waals surface area contributed by atoms with Gasteiger partial charge in [-0.25, -0.2) is 0 Å². The summed E-state index contributed by atoms with van der Waals surface area (Å²) >= 11 is 0.789. The lowest BCUT2D eigenvalue weighted by Crippen LogP contribution is -2.44. The van der Waals surface area contributed by atoms with Crippen LogP contribution in [0.1, 0.15) is 23.1 Å². The number of carbonyl (C=O) groups is 2. The van der Waals surface area contributed by atoms with Crippen LogP contribution in [0.2, 0.25) is 0 Å². The zero-order chi connectivity index (χ0) is 18.6. The average molecular weight is 373 g/mol. The lowest BCUT2D eigenvalue weighted by Gasteiger charge is -2.12. The highest BCUT2D eigenvalue weighted by Crippen LogP contribution is 2.30. The van der Waals surface area contributed by atoms with Crippen molar-refractivity contribution in [3.05, 3.63) is 41.7 Å². The number of carbonyl (C=O) groups excluding carboxylic acids is 2. The first-order chi connectivity index (χ1) is 11.7. The van der Waals surface area contributed by atoms with Gasteiger partial charge in [-0.05, 0) is 19.1 Å². The van der Waals surface area contributed by atoms with Gasteiger partial charge in [0.05, 0.1) is 5.25 Å². The van der Waals surface area contributed by atoms with E-state index in [0.717, 1.165) is 23.4 Å². The summed E-state index contributed by atoms with van der Waals surface area (Å²) in [6.07, 6.45) is -4.63. The van der Waals surface area contributed by atoms with Gasteiger partial charge in [0, 0.05) is 12.6 Å². The molecule has 0 aliphatic carbocycles. The maximum atomic E-state index is 12.7. The number of amides is 2. The van der Waals surface area contributed by atoms with Crippen LogP contribution >= 0.6 is 11.8 Å². The Morgan fingerprint density at radius 1 is 1.16 bits per heavy atom. The van der Waals surface area contributed by atoms with Crippen molar-refractivity contribution in [2.45, 2.75) is 23.5 Å². The van der Waals surface area contributed by atoms with E-state index < -0.39 is 29.1 Å². The van der Waals surface area contributed by atoms with E-state index in [-0.39, 0.29) is 5.16 Å². The third-order valence-corrected chi connectivity index (χ3v) is 4.21. The molecular weight excluding hydrogens is 359 g/mol. The topological polar surface area (TPSA) is 88.9 Å². The number of hydrogen-bond donors (Lipinski definition) is 2. The summed E-state index contributed by atoms with van der Waals surface area (Å²) in [5.74, 6) is -2.25. The molecule has 2 amide bonds. The molecule has 7 nitrogen and oxygen atoms in total. The third-order valence-electron chi connectivity index (χ3n) is 3.08. The van der Waals surface area contributed by atoms with Crippen LogP contribution in [-0.4, -0.2) is 31.8 Å². The zero-order valence-corrected chi connectivity index (χ0v) is 14.0. The van der Waals surface area contributed by atoms with Gasteiger partial charge >= 0.3 is 6.18 Å². The van der Waals surface area contributed by atoms with E-state index >= 15 is 0 Å². The number of benzene rings is 1. The summed E-state index contributed by atoms with van der Waals surface area (Å²) in [7, 11) is 1.16. The second-order valence-electron chi connectivity index (χ2n) is 4.93. The van der Waals surface area contributed by atoms with Crippen LogP contribution in [0.5, 0.6) is 0 Å². The lowest BCUT2D eigenvalue weighted by atomic mass is 10.2. The Balaban J connectivity index is 1.93. The molecule has 0 unspecified atom stereocenters. The number of alkyl halides is 3. The second-order valence-corrected chi connectivity index (χ2v) is 6.24. The maximum absolute atomic E-state index is 12.7. The van der Waals surface area contributed by atoms with Gasteiger partial charge in [-0.3, -0.25) is 20.4 Å². The first-order valence-corrected chi connectivity index (χ1v) is 7.86. The molecular formula is C14H14F3N5O2S. The van der Waals surface area contributed by atoms with Crippen molar-refractivity contribution in [3.8, 4) is 0 Å². The molecule has 0 spiro atoms. The Morgan fingerprint density at radius 2 is 1.80 bits per heavy atom. The Kier molecular flexibility index (Phi) is 5.67. The fraction of sp³-hybridized carbons (Fsp3) is 0.286. The number of hydrogen-bond acceptors (Lipinski definition) is 5. The molecule has 1 aromatic carbocycles. The average Bonchev–Trinajstić information content (AvgIpc) is 2.94. The highest BCUT2D eigenvalue weighted by atomic mass is 32.2. The molecule has 0 bridgehead atoms. The molecule has 11 heteroatoms. The standard InChI is InChI=1S/C14H14F3N5O2S/c1-8(25-13-21-20-12(22(13)2)14(15,16)17)10(23)18-19-11(24)9-6-4-3-5-7-9/h3-8H,1-2H3,(H,18,23)(H,19,24)/t8-/m0/s1. The minimum atomic E-state index is -4.63. The predicted molar refractivity (Wildman–Crippen MR) is 83.4 cm³/mol. The van der Waals surface area contributed by atoms with Gasteiger partial charge in [0.25, 0.3) is 11.8 Å². The van der Waals surface area contributed by atoms with Crippen molar-refractivity contribution in [2.24, 2.45) is 7.05 Å². The van der Waals surface area contributed by atoms with Crippen LogP contribution in [0.3, 0.4) is 0 Å². The molecule has 0 fully saturated rings. The summed E-state index contributed by atoms with van der Waals surface area (Å²) in [5, 5.41) is 5.64. The summed E-state index contributed by atoms with van der Waals surface area (Å²) in [6.45, 7) is 1.47. The van der Waals surface area contributed by atoms with E-state index in [0.29, 0.717) is 5.56 Å². The summed E-state index contributed by atoms with van der Waals surface area (Å²) in [4.78, 5) is 23.8. The lowest BCUT2D eigenvalue weighted by molar-refractivity contribution is -0.147. The van der Waals surface area contributed by atoms with Crippen molar-refractivity contribution in [1.82, 2.24) is 25.6 Å². The van der Waals surface area contributed by atoms with Crippen LogP contribution in [0.25, 0.3) is 0 Å². The van der Waals surface area contributed by atoms with Crippen molar-refractivity contribution < 1.29 is 22.8 Å². The van der Waals surface area contributed by atoms with E-state index in [2.05, 4.69) is 21.0 Å². The van der Waals surface area contributed by atoms with Crippen LogP contribution in [0, 0.1) is 0 Å². The van der Waals surface area contributed by atoms with Gasteiger partial charge in [-0.15, -0.1) is 10.2 Å². The molecule has 0 aliphatic rings. The number of rotatable bonds is 4. The van der Waals surface area contributed by atoms with Crippen LogP contribution in [-0.2, 0) is 18.0 Å². The minimum absolute atomic E-state index is 0.0654. The number of nitrogens with one attached hydrogen (secondary N) is 2. The van der Waals surface area contributed by atoms with Gasteiger partial charge in [-0.2, -0.15) is 13.2 Å². The summed E-state index contributed by atoms with van der Waals surface area (Å²) < 4.78 is 38.8. The largest absolute Gasteiger partial charge is 0.451 e. The first kappa shape index (κ1) is 18.8. The van der Waals surface area contributed by atoms with Crippen molar-refractivity contribution >= 4 is 23.6 Å². The number of nitrogens with zero attached hydrogens (tertiary/aromatic N) is 3. The van der Waals surface area contributed by atoms with Crippen LogP contribution < -0.4 is 10.9 Å². The number of hydrazine groups is 1. The first-order valence-electron chi connectivity index (χ1n) is 6.98. The Bertz CT molecular complexity index is 764. The SMILES string of the molecule is C[C@H](Sc1nnc(C(F)(F)F)n1C)C(=O)NNC(=O)c1ccccc1. The summed E-state index contributed by atoms with van der Waals surface area (Å²) in [6, 6.07) is 8.21. The van der Waals surface area contributed by atoms with E-state index in [4.69, 9.17) is 0 Å².